The molecule has 53 heavy (non-hydrogen) atoms. The number of aliphatic hydroxyl groups excluding tert-OH is 1. The zero-order chi connectivity index (χ0) is 36.9. The zero-order valence-electron chi connectivity index (χ0n) is 29.6. The van der Waals surface area contributed by atoms with Crippen LogP contribution >= 0.6 is 0 Å². The van der Waals surface area contributed by atoms with E-state index < -0.39 is 29.6 Å². The van der Waals surface area contributed by atoms with E-state index in [2.05, 4.69) is 25.8 Å². The summed E-state index contributed by atoms with van der Waals surface area (Å²) in [5.74, 6) is 1.71. The first-order chi connectivity index (χ1) is 25.7. The number of hydrogen-bond donors (Lipinski definition) is 1. The van der Waals surface area contributed by atoms with Crippen molar-refractivity contribution in [2.45, 2.75) is 62.6 Å². The molecule has 0 radical (unpaired) electrons. The van der Waals surface area contributed by atoms with Gasteiger partial charge in [-0.1, -0.05) is 42.3 Å². The van der Waals surface area contributed by atoms with Crippen LogP contribution in [0.15, 0.2) is 72.8 Å². The fourth-order valence-corrected chi connectivity index (χ4v) is 8.65. The van der Waals surface area contributed by atoms with E-state index in [9.17, 15) is 9.50 Å². The van der Waals surface area contributed by atoms with Gasteiger partial charge in [0.1, 0.15) is 35.6 Å². The van der Waals surface area contributed by atoms with Crippen molar-refractivity contribution >= 4 is 33.6 Å². The average Bonchev–Trinajstić information content (AvgIpc) is 3.84. The van der Waals surface area contributed by atoms with Crippen molar-refractivity contribution in [1.29, 1.82) is 0 Å². The Labute approximate surface area is 306 Å². The van der Waals surface area contributed by atoms with E-state index in [-0.39, 0.29) is 35.9 Å². The molecule has 3 aliphatic rings. The van der Waals surface area contributed by atoms with Crippen LogP contribution in [-0.4, -0.2) is 98.2 Å². The predicted molar refractivity (Wildman–Crippen MR) is 199 cm³/mol. The maximum atomic E-state index is 17.0. The molecular formula is C41H40F3N7O2. The number of likely N-dealkylation sites (tertiary alicyclic amines) is 1. The Morgan fingerprint density at radius 2 is 1.98 bits per heavy atom. The molecule has 3 saturated heterocycles. The number of benzene rings is 2. The van der Waals surface area contributed by atoms with E-state index >= 15 is 8.78 Å². The lowest BCUT2D eigenvalue weighted by molar-refractivity contribution is 0.0112. The van der Waals surface area contributed by atoms with Gasteiger partial charge in [0, 0.05) is 67.5 Å². The van der Waals surface area contributed by atoms with Crippen molar-refractivity contribution in [3.63, 3.8) is 0 Å². The third-order valence-electron chi connectivity index (χ3n) is 11.3. The number of aliphatic hydroxyl groups is 1. The lowest BCUT2D eigenvalue weighted by Gasteiger charge is -2.34. The standard InChI is InChI=1S/C41H40F3N7O2/c1-4-26-10-7-11-27-12-8-14-30(34(26)27)36-35(44)37-31(22-46-36)38(48-40(47-37)53-24-41-16-9-18-50(41)23-28(42)21-41)49(3)33-15-19-51(25(33)2)39(52)32(43)20-29-13-5-6-17-45-29/h1,5-8,10-14,17,20,22,25,28,33,39,52H,9,15-16,18-19,21,23-24H2,2-3H3/b32-20-/t25?,28-,33?,39?,41+/m1/s1. The minimum atomic E-state index is -1.49. The van der Waals surface area contributed by atoms with Crippen molar-refractivity contribution < 1.29 is 23.0 Å². The minimum absolute atomic E-state index is 0.0134. The molecule has 0 aliphatic carbocycles. The second-order valence-corrected chi connectivity index (χ2v) is 14.3. The van der Waals surface area contributed by atoms with Gasteiger partial charge in [-0.05, 0) is 62.4 Å². The Morgan fingerprint density at radius 3 is 2.77 bits per heavy atom. The number of fused-ring (bicyclic) bond motifs is 3. The van der Waals surface area contributed by atoms with Crippen molar-refractivity contribution in [2.24, 2.45) is 0 Å². The number of pyridine rings is 2. The van der Waals surface area contributed by atoms with Gasteiger partial charge in [-0.25, -0.2) is 13.2 Å². The fourth-order valence-electron chi connectivity index (χ4n) is 8.65. The molecule has 272 valence electrons. The molecule has 0 spiro atoms. The molecule has 3 unspecified atom stereocenters. The summed E-state index contributed by atoms with van der Waals surface area (Å²) < 4.78 is 53.2. The summed E-state index contributed by atoms with van der Waals surface area (Å²) in [5.41, 5.74) is 1.17. The highest BCUT2D eigenvalue weighted by Crippen LogP contribution is 2.41. The number of nitrogens with zero attached hydrogens (tertiary/aromatic N) is 7. The molecule has 5 aromatic rings. The van der Waals surface area contributed by atoms with E-state index in [4.69, 9.17) is 16.1 Å². The van der Waals surface area contributed by atoms with Crippen molar-refractivity contribution in [1.82, 2.24) is 29.7 Å². The van der Waals surface area contributed by atoms with Crippen LogP contribution in [0.25, 0.3) is 39.0 Å². The third kappa shape index (κ3) is 6.26. The van der Waals surface area contributed by atoms with Gasteiger partial charge in [0.2, 0.25) is 0 Å². The van der Waals surface area contributed by atoms with E-state index in [0.717, 1.165) is 24.8 Å². The van der Waals surface area contributed by atoms with Gasteiger partial charge in [-0.3, -0.25) is 19.8 Å². The van der Waals surface area contributed by atoms with E-state index in [1.54, 1.807) is 41.6 Å². The zero-order valence-corrected chi connectivity index (χ0v) is 29.6. The number of hydrogen-bond acceptors (Lipinski definition) is 9. The number of anilines is 1. The molecule has 8 rings (SSSR count). The van der Waals surface area contributed by atoms with Crippen LogP contribution in [0, 0.1) is 18.2 Å². The first-order valence-electron chi connectivity index (χ1n) is 18.0. The van der Waals surface area contributed by atoms with Crippen molar-refractivity contribution in [3.05, 3.63) is 89.9 Å². The molecule has 9 nitrogen and oxygen atoms in total. The molecule has 5 atom stereocenters. The highest BCUT2D eigenvalue weighted by molar-refractivity contribution is 6.02. The number of halogens is 3. The van der Waals surface area contributed by atoms with Gasteiger partial charge in [-0.2, -0.15) is 9.97 Å². The molecule has 2 aromatic carbocycles. The summed E-state index contributed by atoms with van der Waals surface area (Å²) in [4.78, 5) is 23.9. The van der Waals surface area contributed by atoms with Gasteiger partial charge in [0.25, 0.3) is 0 Å². The van der Waals surface area contributed by atoms with Crippen LogP contribution in [0.1, 0.15) is 43.9 Å². The molecule has 0 bridgehead atoms. The number of likely N-dealkylation sites (N-methyl/N-ethyl adjacent to an activating group) is 1. The monoisotopic (exact) mass is 719 g/mol. The number of terminal acetylenes is 1. The fraction of sp³-hybridized carbons (Fsp3) is 0.366. The Kier molecular flexibility index (Phi) is 9.26. The minimum Gasteiger partial charge on any atom is -0.461 e. The van der Waals surface area contributed by atoms with Crippen molar-refractivity contribution in [3.8, 4) is 29.6 Å². The Balaban J connectivity index is 1.18. The smallest absolute Gasteiger partial charge is 0.319 e. The Morgan fingerprint density at radius 1 is 1.15 bits per heavy atom. The summed E-state index contributed by atoms with van der Waals surface area (Å²) >= 11 is 0. The first kappa shape index (κ1) is 35.0. The molecular weight excluding hydrogens is 679 g/mol. The topological polar surface area (TPSA) is 90.7 Å². The van der Waals surface area contributed by atoms with Gasteiger partial charge < -0.3 is 14.7 Å². The van der Waals surface area contributed by atoms with Gasteiger partial charge in [-0.15, -0.1) is 6.42 Å². The Bertz CT molecular complexity index is 2240. The van der Waals surface area contributed by atoms with Crippen LogP contribution in [0.4, 0.5) is 19.0 Å². The summed E-state index contributed by atoms with van der Waals surface area (Å²) in [7, 11) is 1.83. The predicted octanol–water partition coefficient (Wildman–Crippen LogP) is 6.54. The van der Waals surface area contributed by atoms with Crippen molar-refractivity contribution in [2.75, 3.05) is 38.2 Å². The van der Waals surface area contributed by atoms with E-state index in [0.29, 0.717) is 59.3 Å². The maximum absolute atomic E-state index is 17.0. The molecule has 1 N–H and O–H groups in total. The normalized spacial score (nSPS) is 24.1. The SMILES string of the molecule is C#Cc1cccc2cccc(-c3ncc4c(N(C)C5CCN(C(O)/C(F)=C/c6ccccn6)C5C)nc(OC[C@@]56CCCN5C[C@H](F)C6)nc4c3F)c12. The molecule has 3 aromatic heterocycles. The number of alkyl halides is 1. The van der Waals surface area contributed by atoms with Gasteiger partial charge >= 0.3 is 6.01 Å². The van der Waals surface area contributed by atoms with Crippen LogP contribution in [-0.2, 0) is 0 Å². The second kappa shape index (κ2) is 14.0. The molecule has 0 saturated carbocycles. The lowest BCUT2D eigenvalue weighted by Crippen LogP contribution is -2.46. The largest absolute Gasteiger partial charge is 0.461 e. The van der Waals surface area contributed by atoms with Crippen LogP contribution in [0.3, 0.4) is 0 Å². The second-order valence-electron chi connectivity index (χ2n) is 14.3. The summed E-state index contributed by atoms with van der Waals surface area (Å²) in [6.07, 6.45) is 10.4. The highest BCUT2D eigenvalue weighted by Gasteiger charge is 2.49. The lowest BCUT2D eigenvalue weighted by atomic mass is 9.95. The molecule has 6 heterocycles. The quantitative estimate of drug-likeness (QED) is 0.171. The third-order valence-corrected chi connectivity index (χ3v) is 11.3. The molecule has 3 aliphatic heterocycles. The number of ether oxygens (including phenoxy) is 1. The number of rotatable bonds is 9. The molecule has 0 amide bonds. The van der Waals surface area contributed by atoms with Gasteiger partial charge in [0.15, 0.2) is 12.0 Å². The number of aromatic nitrogens is 4. The van der Waals surface area contributed by atoms with Gasteiger partial charge in [0.05, 0.1) is 16.6 Å². The summed E-state index contributed by atoms with van der Waals surface area (Å²) in [6, 6.07) is 15.6. The summed E-state index contributed by atoms with van der Waals surface area (Å²) in [5, 5.41) is 13.0. The van der Waals surface area contributed by atoms with Crippen LogP contribution < -0.4 is 9.64 Å². The van der Waals surface area contributed by atoms with E-state index in [1.165, 1.54) is 6.08 Å². The molecule has 12 heteroatoms. The van der Waals surface area contributed by atoms with E-state index in [1.807, 2.05) is 49.2 Å². The maximum Gasteiger partial charge on any atom is 0.319 e. The highest BCUT2D eigenvalue weighted by atomic mass is 19.1. The summed E-state index contributed by atoms with van der Waals surface area (Å²) in [6.45, 7) is 3.63. The Hall–Kier alpha value is -5.09. The first-order valence-corrected chi connectivity index (χ1v) is 18.0. The molecule has 3 fully saturated rings. The van der Waals surface area contributed by atoms with Crippen LogP contribution in [0.5, 0.6) is 6.01 Å². The van der Waals surface area contributed by atoms with Crippen LogP contribution in [0.2, 0.25) is 0 Å². The average molecular weight is 720 g/mol.